The van der Waals surface area contributed by atoms with Gasteiger partial charge in [0.15, 0.2) is 0 Å². The van der Waals surface area contributed by atoms with Gasteiger partial charge in [0.05, 0.1) is 4.90 Å². The molecule has 1 N–H and O–H groups in total. The molecule has 66 valence electrons. The SMILES string of the molecule is Cc1ccc(S(=O)(=O)NCl)cc1.[K+]. The molecule has 1 rings (SSSR count). The summed E-state index contributed by atoms with van der Waals surface area (Å²) < 4.78 is 23.9. The first-order valence-corrected chi connectivity index (χ1v) is 5.11. The van der Waals surface area contributed by atoms with Crippen LogP contribution in [0.4, 0.5) is 0 Å². The molecule has 0 aliphatic rings. The van der Waals surface area contributed by atoms with Gasteiger partial charge in [-0.25, -0.2) is 8.42 Å². The van der Waals surface area contributed by atoms with E-state index in [9.17, 15) is 8.42 Å². The monoisotopic (exact) mass is 244 g/mol. The minimum absolute atomic E-state index is 0. The predicted octanol–water partition coefficient (Wildman–Crippen LogP) is -1.57. The molecule has 0 amide bonds. The minimum Gasteiger partial charge on any atom is -0.206 e. The van der Waals surface area contributed by atoms with Gasteiger partial charge in [-0.1, -0.05) is 17.7 Å². The summed E-state index contributed by atoms with van der Waals surface area (Å²) in [5.74, 6) is 0. The first kappa shape index (κ1) is 14.1. The summed E-state index contributed by atoms with van der Waals surface area (Å²) in [6, 6.07) is 6.42. The fourth-order valence-corrected chi connectivity index (χ4v) is 1.61. The van der Waals surface area contributed by atoms with Crippen LogP contribution in [0.1, 0.15) is 5.56 Å². The van der Waals surface area contributed by atoms with Crippen molar-refractivity contribution in [3.05, 3.63) is 29.8 Å². The summed E-state index contributed by atoms with van der Waals surface area (Å²) >= 11 is 5.03. The van der Waals surface area contributed by atoms with E-state index in [1.165, 1.54) is 12.1 Å². The first-order valence-electron chi connectivity index (χ1n) is 3.25. The van der Waals surface area contributed by atoms with Gasteiger partial charge in [-0.3, -0.25) is 0 Å². The van der Waals surface area contributed by atoms with Gasteiger partial charge in [-0.2, -0.15) is 0 Å². The van der Waals surface area contributed by atoms with Crippen molar-refractivity contribution in [2.75, 3.05) is 0 Å². The Hall–Kier alpha value is 1.06. The zero-order valence-electron chi connectivity index (χ0n) is 7.41. The number of aryl methyl sites for hydroxylation is 1. The van der Waals surface area contributed by atoms with Crippen LogP contribution in [0, 0.1) is 6.92 Å². The van der Waals surface area contributed by atoms with Crippen LogP contribution >= 0.6 is 11.8 Å². The summed E-state index contributed by atoms with van der Waals surface area (Å²) in [5, 5.41) is 0. The standard InChI is InChI=1S/C7H8ClNO2S.K/c1-6-2-4-7(5-3-6)12(10,11)9-8;/h2-5,9H,1H3;/q;+1. The Balaban J connectivity index is 0.00000144. The third kappa shape index (κ3) is 3.97. The van der Waals surface area contributed by atoms with Crippen LogP contribution < -0.4 is 55.6 Å². The Morgan fingerprint density at radius 2 is 1.69 bits per heavy atom. The van der Waals surface area contributed by atoms with E-state index in [1.807, 2.05) is 6.92 Å². The van der Waals surface area contributed by atoms with Crippen LogP contribution in [-0.4, -0.2) is 8.42 Å². The van der Waals surface area contributed by atoms with Crippen molar-refractivity contribution >= 4 is 21.8 Å². The molecule has 3 nitrogen and oxygen atoms in total. The van der Waals surface area contributed by atoms with E-state index in [-0.39, 0.29) is 56.3 Å². The molecule has 0 bridgehead atoms. The molecule has 1 aromatic rings. The van der Waals surface area contributed by atoms with Gasteiger partial charge in [0, 0.05) is 0 Å². The molecule has 13 heavy (non-hydrogen) atoms. The number of benzene rings is 1. The molecule has 0 saturated heterocycles. The molecular formula is C7H8ClKNO2S+. The Morgan fingerprint density at radius 1 is 1.23 bits per heavy atom. The maximum Gasteiger partial charge on any atom is 1.00 e. The van der Waals surface area contributed by atoms with Crippen LogP contribution in [0.2, 0.25) is 0 Å². The van der Waals surface area contributed by atoms with Gasteiger partial charge in [-0.15, -0.1) is 4.24 Å². The summed E-state index contributed by atoms with van der Waals surface area (Å²) in [6.07, 6.45) is 0. The van der Waals surface area contributed by atoms with Gasteiger partial charge in [0.1, 0.15) is 0 Å². The molecule has 0 spiro atoms. The molecule has 0 aliphatic heterocycles. The van der Waals surface area contributed by atoms with Crippen LogP contribution in [-0.2, 0) is 10.0 Å². The van der Waals surface area contributed by atoms with E-state index in [0.717, 1.165) is 5.56 Å². The smallest absolute Gasteiger partial charge is 0.206 e. The van der Waals surface area contributed by atoms with Crippen LogP contribution in [0.5, 0.6) is 0 Å². The third-order valence-corrected chi connectivity index (χ3v) is 3.14. The largest absolute Gasteiger partial charge is 1.00 e. The Morgan fingerprint density at radius 3 is 2.08 bits per heavy atom. The molecule has 1 aromatic carbocycles. The first-order chi connectivity index (χ1) is 5.56. The van der Waals surface area contributed by atoms with Crippen molar-refractivity contribution in [2.45, 2.75) is 11.8 Å². The summed E-state index contributed by atoms with van der Waals surface area (Å²) in [7, 11) is -3.50. The number of halogens is 1. The molecule has 0 fully saturated rings. The van der Waals surface area contributed by atoms with Crippen molar-refractivity contribution in [3.8, 4) is 0 Å². The van der Waals surface area contributed by atoms with Crippen molar-refractivity contribution < 1.29 is 59.8 Å². The quantitative estimate of drug-likeness (QED) is 0.505. The van der Waals surface area contributed by atoms with E-state index in [1.54, 1.807) is 16.4 Å². The summed E-state index contributed by atoms with van der Waals surface area (Å²) in [4.78, 5) is 0.170. The zero-order chi connectivity index (χ0) is 9.19. The maximum atomic E-state index is 11.1. The topological polar surface area (TPSA) is 46.2 Å². The third-order valence-electron chi connectivity index (χ3n) is 1.43. The fraction of sp³-hybridized carbons (Fsp3) is 0.143. The second kappa shape index (κ2) is 5.82. The van der Waals surface area contributed by atoms with Gasteiger partial charge in [0.25, 0.3) is 10.0 Å². The Bertz CT molecular complexity index is 363. The van der Waals surface area contributed by atoms with Crippen molar-refractivity contribution in [1.82, 2.24) is 4.24 Å². The molecular weight excluding hydrogens is 237 g/mol. The predicted molar refractivity (Wildman–Crippen MR) is 47.4 cm³/mol. The molecule has 0 aromatic heterocycles. The van der Waals surface area contributed by atoms with Crippen molar-refractivity contribution in [1.29, 1.82) is 0 Å². The molecule has 0 saturated carbocycles. The van der Waals surface area contributed by atoms with E-state index in [2.05, 4.69) is 0 Å². The molecule has 0 heterocycles. The summed E-state index contributed by atoms with van der Waals surface area (Å²) in [6.45, 7) is 1.88. The molecule has 0 atom stereocenters. The van der Waals surface area contributed by atoms with Crippen LogP contribution in [0.15, 0.2) is 29.2 Å². The number of hydrogen-bond donors (Lipinski definition) is 1. The van der Waals surface area contributed by atoms with Gasteiger partial charge < -0.3 is 0 Å². The normalized spacial score (nSPS) is 10.6. The van der Waals surface area contributed by atoms with E-state index in [4.69, 9.17) is 11.8 Å². The van der Waals surface area contributed by atoms with Crippen LogP contribution in [0.25, 0.3) is 0 Å². The fourth-order valence-electron chi connectivity index (χ4n) is 0.762. The van der Waals surface area contributed by atoms with Crippen LogP contribution in [0.3, 0.4) is 0 Å². The van der Waals surface area contributed by atoms with Crippen molar-refractivity contribution in [2.24, 2.45) is 0 Å². The van der Waals surface area contributed by atoms with E-state index in [0.29, 0.717) is 0 Å². The van der Waals surface area contributed by atoms with E-state index < -0.39 is 10.0 Å². The number of nitrogens with one attached hydrogen (secondary N) is 1. The molecule has 0 unspecified atom stereocenters. The molecule has 0 radical (unpaired) electrons. The maximum absolute atomic E-state index is 11.1. The number of sulfonamides is 1. The number of rotatable bonds is 2. The van der Waals surface area contributed by atoms with Gasteiger partial charge >= 0.3 is 51.4 Å². The molecule has 0 aliphatic carbocycles. The average Bonchev–Trinajstić information content (AvgIpc) is 2.05. The van der Waals surface area contributed by atoms with Gasteiger partial charge in [-0.05, 0) is 30.8 Å². The second-order valence-electron chi connectivity index (χ2n) is 2.39. The molecule has 6 heteroatoms. The number of hydrogen-bond acceptors (Lipinski definition) is 2. The Kier molecular flexibility index (Phi) is 6.29. The average molecular weight is 245 g/mol. The zero-order valence-corrected chi connectivity index (χ0v) is 12.1. The van der Waals surface area contributed by atoms with Gasteiger partial charge in [0.2, 0.25) is 0 Å². The van der Waals surface area contributed by atoms with E-state index >= 15 is 0 Å². The summed E-state index contributed by atoms with van der Waals surface area (Å²) in [5.41, 5.74) is 1.00. The minimum atomic E-state index is -3.50. The second-order valence-corrected chi connectivity index (χ2v) is 4.49. The Labute approximate surface area is 125 Å². The van der Waals surface area contributed by atoms with Crippen molar-refractivity contribution in [3.63, 3.8) is 0 Å².